The first kappa shape index (κ1) is 17.0. The van der Waals surface area contributed by atoms with Gasteiger partial charge < -0.3 is 35.0 Å². The Bertz CT molecular complexity index is 737. The number of pyridine rings is 1. The molecule has 24 heavy (non-hydrogen) atoms. The lowest BCUT2D eigenvalue weighted by atomic mass is 9.98. The molecule has 1 aromatic carbocycles. The molecule has 1 fully saturated rings. The van der Waals surface area contributed by atoms with Gasteiger partial charge in [-0.25, -0.2) is 0 Å². The van der Waals surface area contributed by atoms with Gasteiger partial charge in [0.05, 0.1) is 12.1 Å². The second-order valence-electron chi connectivity index (χ2n) is 5.83. The first-order valence-corrected chi connectivity index (χ1v) is 7.45. The van der Waals surface area contributed by atoms with E-state index >= 15 is 0 Å². The summed E-state index contributed by atoms with van der Waals surface area (Å²) >= 11 is 0. The van der Waals surface area contributed by atoms with E-state index in [1.807, 2.05) is 13.0 Å². The Labute approximate surface area is 137 Å². The minimum Gasteiger partial charge on any atom is -0.436 e. The van der Waals surface area contributed by atoms with E-state index < -0.39 is 37.0 Å². The third kappa shape index (κ3) is 2.84. The van der Waals surface area contributed by atoms with Crippen LogP contribution in [0.3, 0.4) is 0 Å². The number of aliphatic hydroxyl groups is 5. The maximum Gasteiger partial charge on any atom is 0.355 e. The van der Waals surface area contributed by atoms with Gasteiger partial charge in [0.15, 0.2) is 6.10 Å². The van der Waals surface area contributed by atoms with Gasteiger partial charge >= 0.3 is 5.97 Å². The molecular formula is C16H19NO7. The average molecular weight is 337 g/mol. The Balaban J connectivity index is 1.99. The Morgan fingerprint density at radius 2 is 1.96 bits per heavy atom. The molecule has 2 heterocycles. The predicted octanol–water partition coefficient (Wildman–Crippen LogP) is -0.958. The molecule has 0 spiro atoms. The fourth-order valence-corrected chi connectivity index (χ4v) is 2.69. The van der Waals surface area contributed by atoms with E-state index in [0.29, 0.717) is 10.9 Å². The van der Waals surface area contributed by atoms with E-state index in [-0.39, 0.29) is 5.75 Å². The minimum absolute atomic E-state index is 0.172. The lowest BCUT2D eigenvalue weighted by molar-refractivity contribution is -0.422. The molecule has 0 saturated carbocycles. The lowest BCUT2D eigenvalue weighted by Crippen LogP contribution is -2.67. The largest absolute Gasteiger partial charge is 0.436 e. The van der Waals surface area contributed by atoms with Crippen LogP contribution in [-0.4, -0.2) is 67.5 Å². The second kappa shape index (κ2) is 6.25. The number of hydrogen-bond donors (Lipinski definition) is 5. The Morgan fingerprint density at radius 1 is 1.21 bits per heavy atom. The highest BCUT2D eigenvalue weighted by Crippen LogP contribution is 2.34. The highest BCUT2D eigenvalue weighted by atomic mass is 16.8. The highest BCUT2D eigenvalue weighted by Gasteiger charge is 2.55. The summed E-state index contributed by atoms with van der Waals surface area (Å²) in [5, 5.41) is 50.0. The van der Waals surface area contributed by atoms with Gasteiger partial charge in [-0.2, -0.15) is 0 Å². The number of aryl methyl sites for hydroxylation is 1. The van der Waals surface area contributed by atoms with Gasteiger partial charge in [0.25, 0.3) is 0 Å². The lowest BCUT2D eigenvalue weighted by Gasteiger charge is -2.44. The summed E-state index contributed by atoms with van der Waals surface area (Å²) in [4.78, 5) is 4.18. The van der Waals surface area contributed by atoms with Crippen molar-refractivity contribution in [2.75, 3.05) is 6.61 Å². The maximum atomic E-state index is 10.5. The molecule has 0 unspecified atom stereocenters. The smallest absolute Gasteiger partial charge is 0.355 e. The number of ether oxygens (including phenoxy) is 2. The molecule has 0 bridgehead atoms. The van der Waals surface area contributed by atoms with Crippen molar-refractivity contribution in [1.82, 2.24) is 4.98 Å². The molecule has 1 aliphatic heterocycles. The van der Waals surface area contributed by atoms with Crippen molar-refractivity contribution < 1.29 is 35.0 Å². The van der Waals surface area contributed by atoms with Crippen LogP contribution in [0.4, 0.5) is 0 Å². The third-order valence-electron chi connectivity index (χ3n) is 4.04. The zero-order chi connectivity index (χ0) is 17.5. The standard InChI is InChI=1S/C16H19NO7/c1-8-2-3-10-9(6-8)11(4-5-17-10)23-16(22)15(21)14(20)13(19)12(7-18)24-16/h2-6,12-15,18-22H,7H2,1H3/t12-,13-,14+,15-,16-/m1/s1. The maximum absolute atomic E-state index is 10.5. The number of rotatable bonds is 3. The first-order chi connectivity index (χ1) is 11.4. The van der Waals surface area contributed by atoms with Gasteiger partial charge in [0.1, 0.15) is 24.1 Å². The quantitative estimate of drug-likeness (QED) is 0.453. The molecule has 1 aromatic heterocycles. The van der Waals surface area contributed by atoms with Crippen molar-refractivity contribution in [2.24, 2.45) is 0 Å². The molecule has 0 amide bonds. The molecule has 0 radical (unpaired) electrons. The van der Waals surface area contributed by atoms with Crippen LogP contribution in [0, 0.1) is 6.92 Å². The van der Waals surface area contributed by atoms with Gasteiger partial charge in [-0.15, -0.1) is 0 Å². The summed E-state index contributed by atoms with van der Waals surface area (Å²) in [5.41, 5.74) is 1.53. The summed E-state index contributed by atoms with van der Waals surface area (Å²) in [7, 11) is 0. The number of benzene rings is 1. The second-order valence-corrected chi connectivity index (χ2v) is 5.83. The predicted molar refractivity (Wildman–Crippen MR) is 82.0 cm³/mol. The Hall–Kier alpha value is -1.81. The third-order valence-corrected chi connectivity index (χ3v) is 4.04. The van der Waals surface area contributed by atoms with Crippen LogP contribution in [0.1, 0.15) is 5.56 Å². The molecule has 0 aliphatic carbocycles. The fourth-order valence-electron chi connectivity index (χ4n) is 2.69. The summed E-state index contributed by atoms with van der Waals surface area (Å²) in [5.74, 6) is -2.46. The van der Waals surface area contributed by atoms with Crippen molar-refractivity contribution in [3.63, 3.8) is 0 Å². The van der Waals surface area contributed by atoms with Crippen molar-refractivity contribution in [1.29, 1.82) is 0 Å². The normalized spacial score (nSPS) is 33.6. The number of aromatic nitrogens is 1. The topological polar surface area (TPSA) is 132 Å². The summed E-state index contributed by atoms with van der Waals surface area (Å²) in [6.07, 6.45) is -5.12. The molecule has 5 N–H and O–H groups in total. The minimum atomic E-state index is -2.63. The number of nitrogens with zero attached hydrogens (tertiary/aromatic N) is 1. The van der Waals surface area contributed by atoms with Gasteiger partial charge in [-0.1, -0.05) is 11.6 Å². The Morgan fingerprint density at radius 3 is 2.67 bits per heavy atom. The van der Waals surface area contributed by atoms with E-state index in [2.05, 4.69) is 4.98 Å². The van der Waals surface area contributed by atoms with Crippen LogP contribution in [0.5, 0.6) is 5.75 Å². The van der Waals surface area contributed by atoms with E-state index in [0.717, 1.165) is 5.56 Å². The van der Waals surface area contributed by atoms with Gasteiger partial charge in [-0.05, 0) is 25.1 Å². The molecule has 8 nitrogen and oxygen atoms in total. The van der Waals surface area contributed by atoms with Gasteiger partial charge in [0, 0.05) is 11.6 Å². The zero-order valence-electron chi connectivity index (χ0n) is 12.9. The fraction of sp³-hybridized carbons (Fsp3) is 0.438. The van der Waals surface area contributed by atoms with Gasteiger partial charge in [-0.3, -0.25) is 4.98 Å². The highest BCUT2D eigenvalue weighted by molar-refractivity contribution is 5.85. The van der Waals surface area contributed by atoms with Crippen LogP contribution in [-0.2, 0) is 4.74 Å². The van der Waals surface area contributed by atoms with Crippen molar-refractivity contribution in [2.45, 2.75) is 37.3 Å². The summed E-state index contributed by atoms with van der Waals surface area (Å²) in [6.45, 7) is 1.20. The first-order valence-electron chi connectivity index (χ1n) is 7.45. The van der Waals surface area contributed by atoms with E-state index in [9.17, 15) is 25.5 Å². The number of fused-ring (bicyclic) bond motifs is 1. The van der Waals surface area contributed by atoms with E-state index in [1.54, 1.807) is 12.1 Å². The van der Waals surface area contributed by atoms with E-state index in [4.69, 9.17) is 9.47 Å². The van der Waals surface area contributed by atoms with Crippen LogP contribution in [0.15, 0.2) is 30.5 Å². The monoisotopic (exact) mass is 337 g/mol. The van der Waals surface area contributed by atoms with Crippen molar-refractivity contribution in [3.05, 3.63) is 36.0 Å². The van der Waals surface area contributed by atoms with Crippen molar-refractivity contribution >= 4 is 10.9 Å². The molecule has 3 rings (SSSR count). The molecule has 130 valence electrons. The Kier molecular flexibility index (Phi) is 4.43. The number of hydrogen-bond acceptors (Lipinski definition) is 8. The number of aliphatic hydroxyl groups excluding tert-OH is 4. The van der Waals surface area contributed by atoms with Crippen molar-refractivity contribution in [3.8, 4) is 5.75 Å². The molecular weight excluding hydrogens is 318 g/mol. The molecule has 8 heteroatoms. The molecule has 1 saturated heterocycles. The van der Waals surface area contributed by atoms with Crippen LogP contribution < -0.4 is 4.74 Å². The molecule has 2 aromatic rings. The van der Waals surface area contributed by atoms with Crippen LogP contribution >= 0.6 is 0 Å². The average Bonchev–Trinajstić information content (AvgIpc) is 2.57. The zero-order valence-corrected chi connectivity index (χ0v) is 12.9. The summed E-state index contributed by atoms with van der Waals surface area (Å²) < 4.78 is 10.5. The van der Waals surface area contributed by atoms with Crippen LogP contribution in [0.25, 0.3) is 10.9 Å². The van der Waals surface area contributed by atoms with E-state index in [1.165, 1.54) is 12.3 Å². The SMILES string of the molecule is Cc1ccc2nccc(O[C@@]3(O)O[C@H](CO)[C@@H](O)[C@H](O)[C@H]3O)c2c1. The van der Waals surface area contributed by atoms with Crippen LogP contribution in [0.2, 0.25) is 0 Å². The summed E-state index contributed by atoms with van der Waals surface area (Å²) in [6, 6.07) is 6.89. The van der Waals surface area contributed by atoms with Gasteiger partial charge in [0.2, 0.25) is 0 Å². The molecule has 5 atom stereocenters. The molecule has 1 aliphatic rings.